The van der Waals surface area contributed by atoms with E-state index in [0.717, 1.165) is 13.0 Å². The zero-order valence-electron chi connectivity index (χ0n) is 9.45. The lowest BCUT2D eigenvalue weighted by atomic mass is 10.1. The molecule has 0 aliphatic carbocycles. The first-order valence-corrected chi connectivity index (χ1v) is 6.05. The van der Waals surface area contributed by atoms with Crippen LogP contribution in [-0.4, -0.2) is 23.5 Å². The van der Waals surface area contributed by atoms with Crippen LogP contribution in [0.1, 0.15) is 27.2 Å². The van der Waals surface area contributed by atoms with E-state index < -0.39 is 0 Å². The van der Waals surface area contributed by atoms with Crippen molar-refractivity contribution in [2.75, 3.05) is 13.2 Å². The van der Waals surface area contributed by atoms with Crippen molar-refractivity contribution in [3.63, 3.8) is 0 Å². The molecule has 0 unspecified atom stereocenters. The summed E-state index contributed by atoms with van der Waals surface area (Å²) < 4.78 is 6.84. The van der Waals surface area contributed by atoms with E-state index in [1.165, 1.54) is 11.9 Å². The summed E-state index contributed by atoms with van der Waals surface area (Å²) in [6.07, 6.45) is 1.10. The van der Waals surface area contributed by atoms with Crippen LogP contribution in [0.4, 0.5) is 0 Å². The van der Waals surface area contributed by atoms with Crippen molar-refractivity contribution >= 4 is 17.9 Å². The van der Waals surface area contributed by atoms with Gasteiger partial charge in [-0.2, -0.15) is 4.41 Å². The second-order valence-corrected chi connectivity index (χ2v) is 4.64. The molecule has 1 heterocycles. The van der Waals surface area contributed by atoms with E-state index in [-0.39, 0.29) is 5.97 Å². The molecule has 0 radical (unpaired) electrons. The Morgan fingerprint density at radius 3 is 3.00 bits per heavy atom. The number of hydrogen-bond donors (Lipinski definition) is 1. The molecule has 0 aromatic rings. The first-order chi connectivity index (χ1) is 7.13. The number of esters is 1. The summed E-state index contributed by atoms with van der Waals surface area (Å²) in [5.41, 5.74) is 3.55. The van der Waals surface area contributed by atoms with Gasteiger partial charge in [-0.3, -0.25) is 0 Å². The smallest absolute Gasteiger partial charge is 0.356 e. The molecule has 0 bridgehead atoms. The summed E-state index contributed by atoms with van der Waals surface area (Å²) in [6.45, 7) is 7.49. The van der Waals surface area contributed by atoms with Crippen LogP contribution in [0.5, 0.6) is 0 Å². The molecule has 5 heteroatoms. The van der Waals surface area contributed by atoms with Gasteiger partial charge in [0.25, 0.3) is 0 Å². The van der Waals surface area contributed by atoms with E-state index in [1.807, 2.05) is 4.41 Å². The minimum absolute atomic E-state index is 0.281. The third-order valence-corrected chi connectivity index (χ3v) is 2.82. The summed E-state index contributed by atoms with van der Waals surface area (Å²) in [5.74, 6) is 0.385. The first kappa shape index (κ1) is 12.4. The quantitative estimate of drug-likeness (QED) is 0.577. The summed E-state index contributed by atoms with van der Waals surface area (Å²) in [5, 5.41) is 1.79. The fourth-order valence-corrected chi connectivity index (χ4v) is 1.83. The Bertz CT molecular complexity index is 254. The van der Waals surface area contributed by atoms with E-state index in [2.05, 4.69) is 19.3 Å². The Labute approximate surface area is 95.1 Å². The Morgan fingerprint density at radius 1 is 1.67 bits per heavy atom. The maximum Gasteiger partial charge on any atom is 0.356 e. The Hall–Kier alpha value is -0.680. The van der Waals surface area contributed by atoms with Crippen molar-refractivity contribution in [2.24, 2.45) is 5.92 Å². The number of rotatable bonds is 5. The molecule has 15 heavy (non-hydrogen) atoms. The molecule has 0 atom stereocenters. The highest BCUT2D eigenvalue weighted by Gasteiger charge is 2.20. The average molecular weight is 230 g/mol. The fraction of sp³-hybridized carbons (Fsp3) is 0.700. The molecule has 1 aliphatic heterocycles. The van der Waals surface area contributed by atoms with E-state index in [9.17, 15) is 4.79 Å². The Morgan fingerprint density at radius 2 is 2.40 bits per heavy atom. The SMILES string of the molecule is CCOC(=O)C1=CSN(CCC(C)C)N1. The number of nitrogens with zero attached hydrogens (tertiary/aromatic N) is 1. The lowest BCUT2D eigenvalue weighted by Crippen LogP contribution is -2.31. The summed E-state index contributed by atoms with van der Waals surface area (Å²) >= 11 is 1.51. The largest absolute Gasteiger partial charge is 0.461 e. The minimum atomic E-state index is -0.281. The van der Waals surface area contributed by atoms with E-state index in [0.29, 0.717) is 18.2 Å². The molecular formula is C10H18N2O2S. The van der Waals surface area contributed by atoms with E-state index >= 15 is 0 Å². The van der Waals surface area contributed by atoms with Gasteiger partial charge in [0, 0.05) is 12.0 Å². The van der Waals surface area contributed by atoms with Gasteiger partial charge < -0.3 is 10.2 Å². The highest BCUT2D eigenvalue weighted by molar-refractivity contribution is 8.00. The van der Waals surface area contributed by atoms with Gasteiger partial charge in [0.15, 0.2) is 0 Å². The normalized spacial score (nSPS) is 16.4. The van der Waals surface area contributed by atoms with Crippen molar-refractivity contribution in [2.45, 2.75) is 27.2 Å². The number of carbonyl (C=O) groups is 1. The monoisotopic (exact) mass is 230 g/mol. The van der Waals surface area contributed by atoms with Crippen LogP contribution < -0.4 is 5.43 Å². The van der Waals surface area contributed by atoms with Gasteiger partial charge in [0.2, 0.25) is 0 Å². The topological polar surface area (TPSA) is 41.6 Å². The molecule has 1 N–H and O–H groups in total. The zero-order valence-corrected chi connectivity index (χ0v) is 10.3. The summed E-state index contributed by atoms with van der Waals surface area (Å²) in [4.78, 5) is 11.3. The summed E-state index contributed by atoms with van der Waals surface area (Å²) in [6, 6.07) is 0. The molecule has 4 nitrogen and oxygen atoms in total. The molecule has 86 valence electrons. The van der Waals surface area contributed by atoms with E-state index in [4.69, 9.17) is 4.74 Å². The van der Waals surface area contributed by atoms with Gasteiger partial charge in [-0.05, 0) is 31.2 Å². The third kappa shape index (κ3) is 4.13. The van der Waals surface area contributed by atoms with Crippen LogP contribution in [0.3, 0.4) is 0 Å². The van der Waals surface area contributed by atoms with Gasteiger partial charge in [-0.25, -0.2) is 4.79 Å². The fourth-order valence-electron chi connectivity index (χ4n) is 1.09. The summed E-state index contributed by atoms with van der Waals surface area (Å²) in [7, 11) is 0. The first-order valence-electron chi connectivity index (χ1n) is 5.21. The van der Waals surface area contributed by atoms with Crippen LogP contribution in [0.15, 0.2) is 11.1 Å². The standard InChI is InChI=1S/C10H18N2O2S/c1-4-14-10(13)9-7-15-12(11-9)6-5-8(2)3/h7-8,11H,4-6H2,1-3H3. The van der Waals surface area contributed by atoms with Gasteiger partial charge in [-0.15, -0.1) is 0 Å². The maximum absolute atomic E-state index is 11.3. The van der Waals surface area contributed by atoms with Crippen molar-refractivity contribution in [1.29, 1.82) is 0 Å². The number of ether oxygens (including phenoxy) is 1. The van der Waals surface area contributed by atoms with Crippen LogP contribution >= 0.6 is 11.9 Å². The van der Waals surface area contributed by atoms with Gasteiger partial charge in [0.05, 0.1) is 6.61 Å². The third-order valence-electron chi connectivity index (χ3n) is 1.95. The van der Waals surface area contributed by atoms with Crippen molar-refractivity contribution in [3.05, 3.63) is 11.1 Å². The second kappa shape index (κ2) is 6.02. The van der Waals surface area contributed by atoms with E-state index in [1.54, 1.807) is 12.3 Å². The number of carbonyl (C=O) groups excluding carboxylic acids is 1. The molecule has 0 aromatic heterocycles. The molecule has 1 rings (SSSR count). The van der Waals surface area contributed by atoms with Crippen LogP contribution in [-0.2, 0) is 9.53 Å². The van der Waals surface area contributed by atoms with Crippen LogP contribution in [0, 0.1) is 5.92 Å². The number of hydrogen-bond acceptors (Lipinski definition) is 5. The van der Waals surface area contributed by atoms with Gasteiger partial charge >= 0.3 is 5.97 Å². The number of nitrogens with one attached hydrogen (secondary N) is 1. The average Bonchev–Trinajstić information content (AvgIpc) is 2.63. The predicted octanol–water partition coefficient (Wildman–Crippen LogP) is 1.91. The lowest BCUT2D eigenvalue weighted by Gasteiger charge is -2.16. The zero-order chi connectivity index (χ0) is 11.3. The van der Waals surface area contributed by atoms with Crippen molar-refractivity contribution in [3.8, 4) is 0 Å². The molecule has 0 fully saturated rings. The minimum Gasteiger partial charge on any atom is -0.461 e. The Balaban J connectivity index is 2.27. The van der Waals surface area contributed by atoms with Crippen LogP contribution in [0.25, 0.3) is 0 Å². The van der Waals surface area contributed by atoms with Gasteiger partial charge in [0.1, 0.15) is 5.70 Å². The lowest BCUT2D eigenvalue weighted by molar-refractivity contribution is -0.139. The molecule has 0 saturated carbocycles. The van der Waals surface area contributed by atoms with Crippen molar-refractivity contribution < 1.29 is 9.53 Å². The molecule has 1 aliphatic rings. The highest BCUT2D eigenvalue weighted by atomic mass is 32.2. The predicted molar refractivity (Wildman–Crippen MR) is 61.6 cm³/mol. The highest BCUT2D eigenvalue weighted by Crippen LogP contribution is 2.20. The molecular weight excluding hydrogens is 212 g/mol. The molecule has 0 saturated heterocycles. The van der Waals surface area contributed by atoms with Gasteiger partial charge in [-0.1, -0.05) is 13.8 Å². The number of hydrazine groups is 1. The van der Waals surface area contributed by atoms with Crippen molar-refractivity contribution in [1.82, 2.24) is 9.84 Å². The maximum atomic E-state index is 11.3. The molecule has 0 aromatic carbocycles. The molecule has 0 amide bonds. The van der Waals surface area contributed by atoms with Crippen LogP contribution in [0.2, 0.25) is 0 Å². The molecule has 0 spiro atoms. The Kier molecular flexibility index (Phi) is 4.98. The second-order valence-electron chi connectivity index (χ2n) is 3.75.